The molecule has 0 saturated carbocycles. The number of alkyl halides is 1. The molecule has 1 unspecified atom stereocenters. The Balaban J connectivity index is 2.71. The van der Waals surface area contributed by atoms with E-state index in [4.69, 9.17) is 16.3 Å². The van der Waals surface area contributed by atoms with Gasteiger partial charge in [-0.2, -0.15) is 0 Å². The van der Waals surface area contributed by atoms with Crippen LogP contribution in [0.1, 0.15) is 25.3 Å². The van der Waals surface area contributed by atoms with E-state index in [1.165, 1.54) is 4.31 Å². The number of likely N-dealkylation sites (N-methyl/N-ethyl adjacent to an activating group) is 1. The largest absolute Gasteiger partial charge is 0.496 e. The highest BCUT2D eigenvalue weighted by Gasteiger charge is 2.23. The first-order chi connectivity index (χ1) is 9.92. The lowest BCUT2D eigenvalue weighted by atomic mass is 10.1. The summed E-state index contributed by atoms with van der Waals surface area (Å²) >= 11 is 5.59. The van der Waals surface area contributed by atoms with E-state index in [-0.39, 0.29) is 11.8 Å². The van der Waals surface area contributed by atoms with Crippen molar-refractivity contribution in [1.29, 1.82) is 0 Å². The third-order valence-corrected chi connectivity index (χ3v) is 5.86. The molecule has 1 aromatic carbocycles. The summed E-state index contributed by atoms with van der Waals surface area (Å²) in [6, 6.07) is 7.56. The first-order valence-corrected chi connectivity index (χ1v) is 9.20. The minimum atomic E-state index is -3.24. The molecule has 0 amide bonds. The van der Waals surface area contributed by atoms with Crippen molar-refractivity contribution in [3.8, 4) is 5.75 Å². The molecule has 0 fully saturated rings. The van der Waals surface area contributed by atoms with Crippen LogP contribution in [0.2, 0.25) is 0 Å². The Morgan fingerprint density at radius 3 is 2.57 bits per heavy atom. The number of sulfonamides is 1. The van der Waals surface area contributed by atoms with E-state index >= 15 is 0 Å². The van der Waals surface area contributed by atoms with Gasteiger partial charge in [-0.3, -0.25) is 0 Å². The summed E-state index contributed by atoms with van der Waals surface area (Å²) in [5.74, 6) is 1.43. The van der Waals surface area contributed by atoms with Crippen molar-refractivity contribution in [3.05, 3.63) is 29.8 Å². The van der Waals surface area contributed by atoms with E-state index < -0.39 is 10.0 Å². The van der Waals surface area contributed by atoms with Crippen molar-refractivity contribution < 1.29 is 13.2 Å². The lowest BCUT2D eigenvalue weighted by Crippen LogP contribution is -2.38. The zero-order valence-corrected chi connectivity index (χ0v) is 14.5. The van der Waals surface area contributed by atoms with Gasteiger partial charge >= 0.3 is 0 Å². The lowest BCUT2D eigenvalue weighted by molar-refractivity contribution is 0.373. The van der Waals surface area contributed by atoms with Crippen LogP contribution in [-0.2, 0) is 16.4 Å². The fourth-order valence-corrected chi connectivity index (χ4v) is 3.78. The van der Waals surface area contributed by atoms with E-state index in [2.05, 4.69) is 0 Å². The number of rotatable bonds is 9. The fourth-order valence-electron chi connectivity index (χ4n) is 2.12. The van der Waals surface area contributed by atoms with E-state index in [0.29, 0.717) is 18.7 Å². The molecule has 0 aromatic heterocycles. The predicted molar refractivity (Wildman–Crippen MR) is 87.7 cm³/mol. The Bertz CT molecular complexity index is 533. The van der Waals surface area contributed by atoms with Gasteiger partial charge in [-0.25, -0.2) is 12.7 Å². The molecule has 1 rings (SSSR count). The van der Waals surface area contributed by atoms with E-state index in [1.807, 2.05) is 31.2 Å². The number of hydrogen-bond donors (Lipinski definition) is 0. The maximum Gasteiger partial charge on any atom is 0.214 e. The molecule has 6 heteroatoms. The molecule has 0 aliphatic rings. The number of unbranched alkanes of at least 4 members (excludes halogenated alkanes) is 1. The van der Waals surface area contributed by atoms with Crippen molar-refractivity contribution in [1.82, 2.24) is 4.31 Å². The molecule has 120 valence electrons. The zero-order chi connectivity index (χ0) is 15.9. The minimum absolute atomic E-state index is 0.123. The van der Waals surface area contributed by atoms with Gasteiger partial charge in [0.25, 0.3) is 0 Å². The number of methoxy groups -OCH3 is 1. The third kappa shape index (κ3) is 5.49. The second kappa shape index (κ2) is 8.61. The standard InChI is InChI=1S/C15H24ClNO3S/c1-13(12-14-8-4-5-9-15(14)20-3)17(2)21(18,19)11-7-6-10-16/h4-5,8-9,13H,6-7,10-12H2,1-3H3. The van der Waals surface area contributed by atoms with Crippen LogP contribution in [0.3, 0.4) is 0 Å². The van der Waals surface area contributed by atoms with Crippen molar-refractivity contribution in [2.75, 3.05) is 25.8 Å². The number of ether oxygens (including phenoxy) is 1. The molecule has 0 saturated heterocycles. The number of halogens is 1. The van der Waals surface area contributed by atoms with Crippen LogP contribution in [0, 0.1) is 0 Å². The minimum Gasteiger partial charge on any atom is -0.496 e. The van der Waals surface area contributed by atoms with E-state index in [1.54, 1.807) is 14.2 Å². The zero-order valence-electron chi connectivity index (χ0n) is 12.9. The molecular weight excluding hydrogens is 310 g/mol. The van der Waals surface area contributed by atoms with Crippen LogP contribution in [0.15, 0.2) is 24.3 Å². The van der Waals surface area contributed by atoms with Gasteiger partial charge in [0.1, 0.15) is 5.75 Å². The summed E-state index contributed by atoms with van der Waals surface area (Å²) < 4.78 is 31.2. The molecular formula is C15H24ClNO3S. The molecule has 0 radical (unpaired) electrons. The highest BCUT2D eigenvalue weighted by atomic mass is 35.5. The first-order valence-electron chi connectivity index (χ1n) is 7.06. The average Bonchev–Trinajstić information content (AvgIpc) is 2.47. The van der Waals surface area contributed by atoms with Crippen LogP contribution >= 0.6 is 11.6 Å². The van der Waals surface area contributed by atoms with E-state index in [0.717, 1.165) is 17.7 Å². The summed E-state index contributed by atoms with van der Waals surface area (Å²) in [6.45, 7) is 1.91. The maximum atomic E-state index is 12.2. The monoisotopic (exact) mass is 333 g/mol. The SMILES string of the molecule is COc1ccccc1CC(C)N(C)S(=O)(=O)CCCCCl. The number of benzene rings is 1. The summed E-state index contributed by atoms with van der Waals surface area (Å²) in [4.78, 5) is 0. The molecule has 0 N–H and O–H groups in total. The fraction of sp³-hybridized carbons (Fsp3) is 0.600. The van der Waals surface area contributed by atoms with Gasteiger partial charge in [0, 0.05) is 19.0 Å². The molecule has 21 heavy (non-hydrogen) atoms. The van der Waals surface area contributed by atoms with Crippen molar-refractivity contribution in [3.63, 3.8) is 0 Å². The Morgan fingerprint density at radius 2 is 1.95 bits per heavy atom. The van der Waals surface area contributed by atoms with Crippen LogP contribution < -0.4 is 4.74 Å². The Morgan fingerprint density at radius 1 is 1.29 bits per heavy atom. The van der Waals surface area contributed by atoms with Crippen molar-refractivity contribution in [2.45, 2.75) is 32.2 Å². The highest BCUT2D eigenvalue weighted by molar-refractivity contribution is 7.89. The van der Waals surface area contributed by atoms with Gasteiger partial charge in [-0.15, -0.1) is 11.6 Å². The number of para-hydroxylation sites is 1. The Labute approximate surface area is 133 Å². The maximum absolute atomic E-state index is 12.2. The Kier molecular flexibility index (Phi) is 7.49. The van der Waals surface area contributed by atoms with E-state index in [9.17, 15) is 8.42 Å². The summed E-state index contributed by atoms with van der Waals surface area (Å²) in [6.07, 6.45) is 1.93. The second-order valence-corrected chi connectivity index (χ2v) is 7.62. The van der Waals surface area contributed by atoms with Gasteiger partial charge < -0.3 is 4.74 Å². The predicted octanol–water partition coefficient (Wildman–Crippen LogP) is 2.91. The van der Waals surface area contributed by atoms with Crippen LogP contribution in [0.5, 0.6) is 5.75 Å². The van der Waals surface area contributed by atoms with Crippen molar-refractivity contribution >= 4 is 21.6 Å². The van der Waals surface area contributed by atoms with Gasteiger partial charge in [-0.1, -0.05) is 18.2 Å². The Hall–Kier alpha value is -0.780. The smallest absolute Gasteiger partial charge is 0.214 e. The molecule has 1 aromatic rings. The molecule has 0 spiro atoms. The quantitative estimate of drug-likeness (QED) is 0.515. The van der Waals surface area contributed by atoms with Crippen LogP contribution in [0.4, 0.5) is 0 Å². The normalized spacial score (nSPS) is 13.4. The molecule has 4 nitrogen and oxygen atoms in total. The molecule has 0 heterocycles. The number of hydrogen-bond acceptors (Lipinski definition) is 3. The van der Waals surface area contributed by atoms with Crippen LogP contribution in [0.25, 0.3) is 0 Å². The molecule has 0 aliphatic heterocycles. The molecule has 0 aliphatic carbocycles. The lowest BCUT2D eigenvalue weighted by Gasteiger charge is -2.25. The molecule has 1 atom stereocenters. The van der Waals surface area contributed by atoms with Crippen molar-refractivity contribution in [2.24, 2.45) is 0 Å². The highest BCUT2D eigenvalue weighted by Crippen LogP contribution is 2.21. The number of nitrogens with zero attached hydrogens (tertiary/aromatic N) is 1. The second-order valence-electron chi connectivity index (χ2n) is 5.09. The summed E-state index contributed by atoms with van der Waals surface area (Å²) in [7, 11) is 0.0186. The summed E-state index contributed by atoms with van der Waals surface area (Å²) in [5, 5.41) is 0. The van der Waals surface area contributed by atoms with Gasteiger partial charge in [0.05, 0.1) is 12.9 Å². The first kappa shape index (κ1) is 18.3. The van der Waals surface area contributed by atoms with Crippen LogP contribution in [-0.4, -0.2) is 44.6 Å². The average molecular weight is 334 g/mol. The van der Waals surface area contributed by atoms with Gasteiger partial charge in [0.15, 0.2) is 0 Å². The third-order valence-electron chi connectivity index (χ3n) is 3.55. The summed E-state index contributed by atoms with van der Waals surface area (Å²) in [5.41, 5.74) is 1.01. The van der Waals surface area contributed by atoms with Gasteiger partial charge in [-0.05, 0) is 37.8 Å². The molecule has 0 bridgehead atoms. The topological polar surface area (TPSA) is 46.6 Å². The van der Waals surface area contributed by atoms with Gasteiger partial charge in [0.2, 0.25) is 10.0 Å².